The minimum absolute atomic E-state index is 0.0878. The van der Waals surface area contributed by atoms with Crippen LogP contribution in [0.25, 0.3) is 0 Å². The van der Waals surface area contributed by atoms with Gasteiger partial charge < -0.3 is 14.8 Å². The smallest absolute Gasteiger partial charge is 0.427 e. The van der Waals surface area contributed by atoms with Gasteiger partial charge in [-0.3, -0.25) is 0 Å². The number of alkyl halides is 3. The van der Waals surface area contributed by atoms with E-state index in [2.05, 4.69) is 4.74 Å². The molecule has 1 aromatic rings. The van der Waals surface area contributed by atoms with Crippen LogP contribution in [0.3, 0.4) is 0 Å². The van der Waals surface area contributed by atoms with Gasteiger partial charge in [0.1, 0.15) is 5.75 Å². The molecule has 0 saturated heterocycles. The molecule has 0 fully saturated rings. The average Bonchev–Trinajstić information content (AvgIpc) is 2.05. The number of rotatable bonds is 3. The summed E-state index contributed by atoms with van der Waals surface area (Å²) in [5.74, 6) is -0.418. The summed E-state index contributed by atoms with van der Waals surface area (Å²) in [5, 5.41) is 17.3. The largest absolute Gasteiger partial charge is 0.573 e. The minimum atomic E-state index is -4.78. The van der Waals surface area contributed by atoms with Crippen molar-refractivity contribution in [3.05, 3.63) is 29.8 Å². The predicted molar refractivity (Wildman–Crippen MR) is 47.0 cm³/mol. The quantitative estimate of drug-likeness (QED) is 0.750. The zero-order valence-electron chi connectivity index (χ0n) is 7.53. The van der Waals surface area contributed by atoms with Crippen LogP contribution in [-0.4, -0.2) is 23.5 Å². The lowest BCUT2D eigenvalue weighted by atomic mass is 9.82. The van der Waals surface area contributed by atoms with Gasteiger partial charge in [0.25, 0.3) is 0 Å². The molecule has 3 nitrogen and oxygen atoms in total. The Bertz CT molecular complexity index is 327. The number of benzene rings is 1. The molecule has 0 atom stereocenters. The maximum absolute atomic E-state index is 11.9. The molecule has 1 rings (SSSR count). The fourth-order valence-corrected chi connectivity index (χ4v) is 1.09. The monoisotopic (exact) mass is 220 g/mol. The number of hydrogen-bond donors (Lipinski definition) is 2. The van der Waals surface area contributed by atoms with E-state index in [0.717, 1.165) is 6.07 Å². The Balaban J connectivity index is 2.86. The van der Waals surface area contributed by atoms with Gasteiger partial charge in [-0.25, -0.2) is 0 Å². The third-order valence-corrected chi connectivity index (χ3v) is 1.60. The maximum atomic E-state index is 11.9. The highest BCUT2D eigenvalue weighted by molar-refractivity contribution is 6.40. The van der Waals surface area contributed by atoms with Gasteiger partial charge in [0.2, 0.25) is 0 Å². The molecule has 82 valence electrons. The van der Waals surface area contributed by atoms with Crippen LogP contribution in [0.2, 0.25) is 0 Å². The van der Waals surface area contributed by atoms with Crippen LogP contribution in [0.5, 0.6) is 5.75 Å². The number of para-hydroxylation sites is 1. The molecule has 0 aliphatic rings. The fraction of sp³-hybridized carbons (Fsp3) is 0.250. The Morgan fingerprint density at radius 2 is 1.80 bits per heavy atom. The SMILES string of the molecule is OB(O)Cc1ccccc1OC(F)(F)F. The summed E-state index contributed by atoms with van der Waals surface area (Å²) in [6.07, 6.45) is -5.09. The number of ether oxygens (including phenoxy) is 1. The van der Waals surface area contributed by atoms with E-state index >= 15 is 0 Å². The van der Waals surface area contributed by atoms with Crippen LogP contribution in [0.4, 0.5) is 13.2 Å². The second kappa shape index (κ2) is 4.54. The number of halogens is 3. The van der Waals surface area contributed by atoms with Crippen molar-refractivity contribution < 1.29 is 28.0 Å². The molecular formula is C8H8BF3O3. The van der Waals surface area contributed by atoms with Gasteiger partial charge in [-0.2, -0.15) is 0 Å². The topological polar surface area (TPSA) is 49.7 Å². The van der Waals surface area contributed by atoms with Crippen molar-refractivity contribution in [1.29, 1.82) is 0 Å². The van der Waals surface area contributed by atoms with Crippen molar-refractivity contribution in [1.82, 2.24) is 0 Å². The van der Waals surface area contributed by atoms with Crippen molar-refractivity contribution in [2.45, 2.75) is 12.7 Å². The van der Waals surface area contributed by atoms with Crippen LogP contribution in [0.15, 0.2) is 24.3 Å². The zero-order chi connectivity index (χ0) is 11.5. The van der Waals surface area contributed by atoms with Crippen molar-refractivity contribution in [2.24, 2.45) is 0 Å². The number of hydrogen-bond acceptors (Lipinski definition) is 3. The van der Waals surface area contributed by atoms with E-state index in [4.69, 9.17) is 10.0 Å². The molecule has 0 heterocycles. The first-order valence-electron chi connectivity index (χ1n) is 4.08. The highest BCUT2D eigenvalue weighted by Gasteiger charge is 2.32. The average molecular weight is 220 g/mol. The van der Waals surface area contributed by atoms with Crippen LogP contribution in [0, 0.1) is 0 Å². The first-order chi connectivity index (χ1) is 6.88. The third kappa shape index (κ3) is 4.22. The summed E-state index contributed by atoms with van der Waals surface area (Å²) in [6, 6.07) is 5.31. The van der Waals surface area contributed by atoms with Crippen molar-refractivity contribution in [2.75, 3.05) is 0 Å². The van der Waals surface area contributed by atoms with E-state index in [0.29, 0.717) is 0 Å². The lowest BCUT2D eigenvalue weighted by Gasteiger charge is -2.12. The Morgan fingerprint density at radius 1 is 1.20 bits per heavy atom. The summed E-state index contributed by atoms with van der Waals surface area (Å²) in [6.45, 7) is 0. The summed E-state index contributed by atoms with van der Waals surface area (Å²) < 4.78 is 39.4. The lowest BCUT2D eigenvalue weighted by Crippen LogP contribution is -2.20. The van der Waals surface area contributed by atoms with Gasteiger partial charge in [-0.05, 0) is 11.6 Å². The van der Waals surface area contributed by atoms with Gasteiger partial charge in [0.15, 0.2) is 0 Å². The molecule has 0 amide bonds. The summed E-state index contributed by atoms with van der Waals surface area (Å²) in [7, 11) is -1.71. The molecule has 0 spiro atoms. The Kier molecular flexibility index (Phi) is 3.59. The summed E-state index contributed by atoms with van der Waals surface area (Å²) in [5.41, 5.74) is 0.0878. The molecule has 7 heteroatoms. The van der Waals surface area contributed by atoms with E-state index in [1.165, 1.54) is 18.2 Å². The standard InChI is InChI=1S/C8H8BF3O3/c10-8(11,12)15-7-4-2-1-3-6(7)5-9(13)14/h1-4,13-14H,5H2. The van der Waals surface area contributed by atoms with E-state index < -0.39 is 19.2 Å². The maximum Gasteiger partial charge on any atom is 0.573 e. The first-order valence-corrected chi connectivity index (χ1v) is 4.08. The van der Waals surface area contributed by atoms with Crippen molar-refractivity contribution >= 4 is 7.12 Å². The molecule has 0 radical (unpaired) electrons. The van der Waals surface area contributed by atoms with E-state index in [9.17, 15) is 13.2 Å². The second-order valence-corrected chi connectivity index (χ2v) is 2.84. The first kappa shape index (κ1) is 11.9. The highest BCUT2D eigenvalue weighted by atomic mass is 19.4. The molecule has 0 aliphatic carbocycles. The van der Waals surface area contributed by atoms with Gasteiger partial charge in [-0.15, -0.1) is 13.2 Å². The highest BCUT2D eigenvalue weighted by Crippen LogP contribution is 2.26. The Morgan fingerprint density at radius 3 is 2.33 bits per heavy atom. The molecule has 0 aliphatic heterocycles. The van der Waals surface area contributed by atoms with Crippen molar-refractivity contribution in [3.63, 3.8) is 0 Å². The van der Waals surface area contributed by atoms with Gasteiger partial charge in [0, 0.05) is 6.32 Å². The molecule has 0 aromatic heterocycles. The lowest BCUT2D eigenvalue weighted by molar-refractivity contribution is -0.274. The molecule has 0 bridgehead atoms. The van der Waals surface area contributed by atoms with Crippen LogP contribution >= 0.6 is 0 Å². The normalized spacial score (nSPS) is 11.3. The zero-order valence-corrected chi connectivity index (χ0v) is 7.53. The van der Waals surface area contributed by atoms with Crippen LogP contribution in [0.1, 0.15) is 5.56 Å². The van der Waals surface area contributed by atoms with E-state index in [1.54, 1.807) is 0 Å². The summed E-state index contributed by atoms with van der Waals surface area (Å²) in [4.78, 5) is 0. The van der Waals surface area contributed by atoms with Gasteiger partial charge >= 0.3 is 13.5 Å². The predicted octanol–water partition coefficient (Wildman–Crippen LogP) is 1.14. The summed E-state index contributed by atoms with van der Waals surface area (Å²) >= 11 is 0. The Labute approximate surface area is 84.3 Å². The van der Waals surface area contributed by atoms with E-state index in [-0.39, 0.29) is 11.9 Å². The van der Waals surface area contributed by atoms with Crippen LogP contribution < -0.4 is 4.74 Å². The van der Waals surface area contributed by atoms with Crippen LogP contribution in [-0.2, 0) is 6.32 Å². The molecule has 15 heavy (non-hydrogen) atoms. The van der Waals surface area contributed by atoms with Gasteiger partial charge in [0.05, 0.1) is 0 Å². The molecule has 2 N–H and O–H groups in total. The second-order valence-electron chi connectivity index (χ2n) is 2.84. The van der Waals surface area contributed by atoms with E-state index in [1.807, 2.05) is 0 Å². The Hall–Kier alpha value is -1.21. The third-order valence-electron chi connectivity index (χ3n) is 1.60. The minimum Gasteiger partial charge on any atom is -0.427 e. The fourth-order valence-electron chi connectivity index (χ4n) is 1.09. The van der Waals surface area contributed by atoms with Crippen molar-refractivity contribution in [3.8, 4) is 5.75 Å². The molecular weight excluding hydrogens is 212 g/mol. The molecule has 0 saturated carbocycles. The van der Waals surface area contributed by atoms with Gasteiger partial charge in [-0.1, -0.05) is 18.2 Å². The molecule has 0 unspecified atom stereocenters. The molecule has 1 aromatic carbocycles.